The van der Waals surface area contributed by atoms with Crippen molar-refractivity contribution >= 4 is 35.3 Å². The quantitative estimate of drug-likeness (QED) is 0.358. The van der Waals surface area contributed by atoms with Gasteiger partial charge in [0.25, 0.3) is 0 Å². The van der Waals surface area contributed by atoms with Gasteiger partial charge in [0.15, 0.2) is 17.0 Å². The van der Waals surface area contributed by atoms with Crippen LogP contribution >= 0.6 is 0 Å². The second kappa shape index (κ2) is 12.5. The predicted octanol–water partition coefficient (Wildman–Crippen LogP) is 2.39. The molecule has 3 rings (SSSR count). The van der Waals surface area contributed by atoms with Crippen LogP contribution in [-0.4, -0.2) is 82.0 Å². The normalized spacial score (nSPS) is 17.3. The van der Waals surface area contributed by atoms with Gasteiger partial charge < -0.3 is 29.2 Å². The minimum absolute atomic E-state index is 0.0650. The fourth-order valence-electron chi connectivity index (χ4n) is 4.32. The summed E-state index contributed by atoms with van der Waals surface area (Å²) in [6.45, 7) is 5.45. The summed E-state index contributed by atoms with van der Waals surface area (Å²) in [5.41, 5.74) is 1.58. The maximum atomic E-state index is 13.0. The summed E-state index contributed by atoms with van der Waals surface area (Å²) < 4.78 is 7.35. The van der Waals surface area contributed by atoms with E-state index in [9.17, 15) is 14.4 Å². The molecule has 3 atom stereocenters. The smallest absolute Gasteiger partial charge is 0.407 e. The topological polar surface area (TPSA) is 123 Å². The first-order valence-corrected chi connectivity index (χ1v) is 12.4. The Morgan fingerprint density at radius 3 is 2.77 bits per heavy atom. The number of imidazole rings is 1. The fourth-order valence-corrected chi connectivity index (χ4v) is 4.32. The highest BCUT2D eigenvalue weighted by molar-refractivity contribution is 5.88. The van der Waals surface area contributed by atoms with E-state index in [2.05, 4.69) is 20.3 Å². The predicted molar refractivity (Wildman–Crippen MR) is 132 cm³/mol. The van der Waals surface area contributed by atoms with Crippen molar-refractivity contribution in [3.8, 4) is 0 Å². The van der Waals surface area contributed by atoms with Crippen molar-refractivity contribution in [1.29, 1.82) is 0 Å². The van der Waals surface area contributed by atoms with E-state index in [0.29, 0.717) is 19.4 Å². The van der Waals surface area contributed by atoms with Crippen LogP contribution in [0.4, 0.5) is 10.6 Å². The zero-order valence-corrected chi connectivity index (χ0v) is 21.1. The third kappa shape index (κ3) is 6.46. The Hall–Kier alpha value is -3.24. The number of fused-ring (bicyclic) bond motifs is 1. The number of ether oxygens (including phenoxy) is 1. The second-order valence-corrected chi connectivity index (χ2v) is 9.28. The average molecular weight is 488 g/mol. The van der Waals surface area contributed by atoms with E-state index in [0.717, 1.165) is 55.5 Å². The maximum Gasteiger partial charge on any atom is 0.407 e. The zero-order chi connectivity index (χ0) is 25.4. The van der Waals surface area contributed by atoms with Crippen LogP contribution in [0.3, 0.4) is 0 Å². The van der Waals surface area contributed by atoms with Gasteiger partial charge in [-0.15, -0.1) is 0 Å². The number of nitrogens with one attached hydrogen (secondary N) is 1. The van der Waals surface area contributed by atoms with Crippen LogP contribution in [0.1, 0.15) is 52.4 Å². The molecule has 2 aromatic rings. The SMILES string of the molecule is CCC(C)C(NC(=O)OCCCCCn1cnc2c(N(C)C)ncnc21)C(=O)N1CCCC1C=O. The van der Waals surface area contributed by atoms with E-state index in [4.69, 9.17) is 4.74 Å². The Labute approximate surface area is 206 Å². The van der Waals surface area contributed by atoms with Crippen LogP contribution in [0.5, 0.6) is 0 Å². The Morgan fingerprint density at radius 1 is 1.26 bits per heavy atom. The summed E-state index contributed by atoms with van der Waals surface area (Å²) >= 11 is 0. The third-order valence-corrected chi connectivity index (χ3v) is 6.57. The highest BCUT2D eigenvalue weighted by Crippen LogP contribution is 2.21. The number of carbonyl (C=O) groups excluding carboxylic acids is 3. The molecule has 0 aromatic carbocycles. The van der Waals surface area contributed by atoms with Gasteiger partial charge in [-0.05, 0) is 38.0 Å². The molecule has 0 spiro atoms. The van der Waals surface area contributed by atoms with E-state index in [1.54, 1.807) is 17.6 Å². The summed E-state index contributed by atoms with van der Waals surface area (Å²) in [5, 5.41) is 2.74. The van der Waals surface area contributed by atoms with Gasteiger partial charge in [-0.3, -0.25) is 4.79 Å². The van der Waals surface area contributed by atoms with Crippen molar-refractivity contribution in [2.24, 2.45) is 5.92 Å². The number of carbonyl (C=O) groups is 3. The van der Waals surface area contributed by atoms with Crippen molar-refractivity contribution in [2.45, 2.75) is 71.0 Å². The molecule has 3 heterocycles. The van der Waals surface area contributed by atoms with Gasteiger partial charge in [0, 0.05) is 27.2 Å². The Bertz CT molecular complexity index is 1010. The first-order chi connectivity index (χ1) is 16.9. The molecule has 192 valence electrons. The van der Waals surface area contributed by atoms with Crippen LogP contribution in [-0.2, 0) is 20.9 Å². The number of nitrogens with zero attached hydrogens (tertiary/aromatic N) is 6. The van der Waals surface area contributed by atoms with Gasteiger partial charge in [-0.1, -0.05) is 20.3 Å². The third-order valence-electron chi connectivity index (χ3n) is 6.57. The minimum Gasteiger partial charge on any atom is -0.450 e. The molecule has 35 heavy (non-hydrogen) atoms. The number of alkyl carbamates (subject to hydrolysis) is 1. The molecule has 1 saturated heterocycles. The molecule has 1 aliphatic rings. The average Bonchev–Trinajstić information content (AvgIpc) is 3.50. The highest BCUT2D eigenvalue weighted by atomic mass is 16.5. The standard InChI is InChI=1S/C24H37N7O4/c1-5-17(2)19(23(33)31-12-9-10-18(31)14-32)28-24(34)35-13-8-6-7-11-30-16-27-20-21(29(3)4)25-15-26-22(20)30/h14-19H,5-13H2,1-4H3,(H,28,34). The van der Waals surface area contributed by atoms with Gasteiger partial charge in [0.1, 0.15) is 18.7 Å². The number of anilines is 1. The Balaban J connectivity index is 1.42. The maximum absolute atomic E-state index is 13.0. The zero-order valence-electron chi connectivity index (χ0n) is 21.1. The molecule has 0 aliphatic carbocycles. The number of rotatable bonds is 12. The van der Waals surface area contributed by atoms with Gasteiger partial charge in [0.2, 0.25) is 5.91 Å². The highest BCUT2D eigenvalue weighted by Gasteiger charge is 2.36. The summed E-state index contributed by atoms with van der Waals surface area (Å²) in [6.07, 6.45) is 8.18. The monoisotopic (exact) mass is 487 g/mol. The molecular weight excluding hydrogens is 450 g/mol. The molecule has 1 aliphatic heterocycles. The number of hydrogen-bond acceptors (Lipinski definition) is 8. The van der Waals surface area contributed by atoms with E-state index in [-0.39, 0.29) is 18.4 Å². The van der Waals surface area contributed by atoms with Crippen molar-refractivity contribution in [1.82, 2.24) is 29.7 Å². The molecule has 11 heteroatoms. The van der Waals surface area contributed by atoms with Crippen molar-refractivity contribution in [3.63, 3.8) is 0 Å². The summed E-state index contributed by atoms with van der Waals surface area (Å²) in [6, 6.07) is -1.10. The molecule has 0 radical (unpaired) electrons. The molecule has 1 fully saturated rings. The van der Waals surface area contributed by atoms with Crippen LogP contribution in [0, 0.1) is 5.92 Å². The van der Waals surface area contributed by atoms with Crippen molar-refractivity contribution in [3.05, 3.63) is 12.7 Å². The molecule has 0 saturated carbocycles. The Kier molecular flexibility index (Phi) is 9.39. The van der Waals surface area contributed by atoms with E-state index >= 15 is 0 Å². The summed E-state index contributed by atoms with van der Waals surface area (Å²) in [5.74, 6) is 0.512. The molecule has 2 aromatic heterocycles. The molecule has 2 amide bonds. The number of aryl methyl sites for hydroxylation is 1. The lowest BCUT2D eigenvalue weighted by Crippen LogP contribution is -2.53. The second-order valence-electron chi connectivity index (χ2n) is 9.28. The first-order valence-electron chi connectivity index (χ1n) is 12.4. The van der Waals surface area contributed by atoms with Crippen molar-refractivity contribution in [2.75, 3.05) is 32.1 Å². The van der Waals surface area contributed by atoms with Gasteiger partial charge in [-0.2, -0.15) is 0 Å². The van der Waals surface area contributed by atoms with Gasteiger partial charge in [-0.25, -0.2) is 19.7 Å². The van der Waals surface area contributed by atoms with E-state index < -0.39 is 18.2 Å². The van der Waals surface area contributed by atoms with Crippen LogP contribution < -0.4 is 10.2 Å². The van der Waals surface area contributed by atoms with Crippen molar-refractivity contribution < 1.29 is 19.1 Å². The molecule has 0 bridgehead atoms. The lowest BCUT2D eigenvalue weighted by molar-refractivity contribution is -0.137. The molecular formula is C24H37N7O4. The molecule has 3 unspecified atom stereocenters. The van der Waals surface area contributed by atoms with Crippen LogP contribution in [0.25, 0.3) is 11.2 Å². The van der Waals surface area contributed by atoms with Crippen LogP contribution in [0.2, 0.25) is 0 Å². The Morgan fingerprint density at radius 2 is 2.06 bits per heavy atom. The van der Waals surface area contributed by atoms with E-state index in [1.165, 1.54) is 0 Å². The van der Waals surface area contributed by atoms with Crippen LogP contribution in [0.15, 0.2) is 12.7 Å². The summed E-state index contributed by atoms with van der Waals surface area (Å²) in [4.78, 5) is 53.3. The molecule has 11 nitrogen and oxygen atoms in total. The fraction of sp³-hybridized carbons (Fsp3) is 0.667. The lowest BCUT2D eigenvalue weighted by atomic mass is 9.97. The first kappa shape index (κ1) is 26.4. The summed E-state index contributed by atoms with van der Waals surface area (Å²) in [7, 11) is 3.85. The number of hydrogen-bond donors (Lipinski definition) is 1. The number of aldehydes is 1. The van der Waals surface area contributed by atoms with Gasteiger partial charge >= 0.3 is 6.09 Å². The lowest BCUT2D eigenvalue weighted by Gasteiger charge is -2.29. The number of likely N-dealkylation sites (tertiary alicyclic amines) is 1. The number of unbranched alkanes of at least 4 members (excludes halogenated alkanes) is 2. The number of aromatic nitrogens is 4. The largest absolute Gasteiger partial charge is 0.450 e. The molecule has 1 N–H and O–H groups in total. The van der Waals surface area contributed by atoms with E-state index in [1.807, 2.05) is 37.4 Å². The number of amides is 2. The van der Waals surface area contributed by atoms with Gasteiger partial charge in [0.05, 0.1) is 19.0 Å². The minimum atomic E-state index is -0.698.